The molecular weight excluding hydrogens is 397 g/mol. The Kier molecular flexibility index (Phi) is 6.15. The van der Waals surface area contributed by atoms with Crippen molar-refractivity contribution in [3.63, 3.8) is 0 Å². The van der Waals surface area contributed by atoms with Crippen molar-refractivity contribution in [1.29, 1.82) is 0 Å². The van der Waals surface area contributed by atoms with E-state index in [1.807, 2.05) is 0 Å². The molecule has 1 aromatic carbocycles. The molecule has 160 valence electrons. The number of benzene rings is 1. The van der Waals surface area contributed by atoms with Gasteiger partial charge in [-0.1, -0.05) is 12.1 Å². The number of H-pyrrole nitrogens is 1. The highest BCUT2D eigenvalue weighted by Crippen LogP contribution is 2.31. The van der Waals surface area contributed by atoms with Crippen molar-refractivity contribution >= 4 is 0 Å². The number of hydrogen-bond acceptors (Lipinski definition) is 7. The van der Waals surface area contributed by atoms with E-state index < -0.39 is 49.1 Å². The maximum atomic E-state index is 12.7. The van der Waals surface area contributed by atoms with E-state index in [2.05, 4.69) is 10.2 Å². The minimum absolute atomic E-state index is 0.0201. The Hall–Kier alpha value is -2.18. The van der Waals surface area contributed by atoms with Crippen LogP contribution in [0.15, 0.2) is 24.3 Å². The lowest BCUT2D eigenvalue weighted by Crippen LogP contribution is -2.60. The van der Waals surface area contributed by atoms with Gasteiger partial charge in [0, 0.05) is 17.7 Å². The van der Waals surface area contributed by atoms with Crippen LogP contribution in [0.5, 0.6) is 5.88 Å². The molecule has 1 unspecified atom stereocenters. The fraction of sp³-hybridized carbons (Fsp3) is 0.500. The first kappa shape index (κ1) is 21.5. The molecular formula is C18H21F3N2O6. The number of aromatic nitrogens is 2. The van der Waals surface area contributed by atoms with Crippen molar-refractivity contribution < 1.29 is 43.1 Å². The molecule has 1 aliphatic heterocycles. The van der Waals surface area contributed by atoms with E-state index in [0.717, 1.165) is 12.1 Å². The lowest BCUT2D eigenvalue weighted by molar-refractivity contribution is -0.278. The molecule has 1 aromatic heterocycles. The summed E-state index contributed by atoms with van der Waals surface area (Å²) in [6.45, 7) is 1.08. The summed E-state index contributed by atoms with van der Waals surface area (Å²) in [5, 5.41) is 45.7. The van der Waals surface area contributed by atoms with E-state index in [0.29, 0.717) is 16.8 Å². The van der Waals surface area contributed by atoms with E-state index in [1.54, 1.807) is 6.92 Å². The third-order valence-corrected chi connectivity index (χ3v) is 4.77. The van der Waals surface area contributed by atoms with E-state index in [1.165, 1.54) is 12.1 Å². The number of nitrogens with zero attached hydrogens (tertiary/aromatic N) is 1. The highest BCUT2D eigenvalue weighted by Gasteiger charge is 2.45. The summed E-state index contributed by atoms with van der Waals surface area (Å²) < 4.78 is 49.0. The lowest BCUT2D eigenvalue weighted by atomic mass is 9.99. The number of nitrogens with one attached hydrogen (secondary N) is 1. The van der Waals surface area contributed by atoms with Crippen molar-refractivity contribution in [3.05, 3.63) is 46.6 Å². The highest BCUT2D eigenvalue weighted by atomic mass is 19.4. The Morgan fingerprint density at radius 1 is 1.10 bits per heavy atom. The molecule has 3 rings (SSSR count). The van der Waals surface area contributed by atoms with Crippen molar-refractivity contribution in [2.45, 2.75) is 50.2 Å². The van der Waals surface area contributed by atoms with Crippen LogP contribution < -0.4 is 4.74 Å². The Bertz CT molecular complexity index is 824. The topological polar surface area (TPSA) is 128 Å². The van der Waals surface area contributed by atoms with E-state index in [-0.39, 0.29) is 12.3 Å². The van der Waals surface area contributed by atoms with Crippen LogP contribution in [0, 0.1) is 6.92 Å². The summed E-state index contributed by atoms with van der Waals surface area (Å²) in [6.07, 6.45) is -11.5. The minimum atomic E-state index is -4.43. The van der Waals surface area contributed by atoms with E-state index in [9.17, 15) is 33.6 Å². The van der Waals surface area contributed by atoms with Gasteiger partial charge in [-0.3, -0.25) is 5.10 Å². The second kappa shape index (κ2) is 8.28. The van der Waals surface area contributed by atoms with Crippen LogP contribution in [-0.4, -0.2) is 67.9 Å². The van der Waals surface area contributed by atoms with Crippen molar-refractivity contribution in [2.24, 2.45) is 0 Å². The average Bonchev–Trinajstić information content (AvgIpc) is 3.01. The summed E-state index contributed by atoms with van der Waals surface area (Å²) in [6, 6.07) is 4.63. The van der Waals surface area contributed by atoms with Gasteiger partial charge in [-0.2, -0.15) is 13.2 Å². The molecule has 5 atom stereocenters. The Morgan fingerprint density at radius 2 is 1.76 bits per heavy atom. The molecule has 2 heterocycles. The Morgan fingerprint density at radius 3 is 2.34 bits per heavy atom. The SMILES string of the molecule is Cc1[nH]nc(OC2O[C@H](CO)[C@@H](O)[C@H](O)[C@H]2O)c1Cc1ccc(C(F)(F)F)cc1. The van der Waals surface area contributed by atoms with Gasteiger partial charge in [0.25, 0.3) is 0 Å². The van der Waals surface area contributed by atoms with Crippen LogP contribution in [0.4, 0.5) is 13.2 Å². The number of hydrogen-bond donors (Lipinski definition) is 5. The molecule has 0 saturated carbocycles. The van der Waals surface area contributed by atoms with Crippen LogP contribution in [0.25, 0.3) is 0 Å². The molecule has 1 fully saturated rings. The number of aliphatic hydroxyl groups is 4. The van der Waals surface area contributed by atoms with Crippen molar-refractivity contribution in [1.82, 2.24) is 10.2 Å². The zero-order valence-corrected chi connectivity index (χ0v) is 15.3. The number of aromatic amines is 1. The van der Waals surface area contributed by atoms with Gasteiger partial charge in [-0.05, 0) is 24.6 Å². The summed E-state index contributed by atoms with van der Waals surface area (Å²) >= 11 is 0. The second-order valence-electron chi connectivity index (χ2n) is 6.82. The number of aryl methyl sites for hydroxylation is 1. The van der Waals surface area contributed by atoms with Gasteiger partial charge in [0.2, 0.25) is 12.2 Å². The summed E-state index contributed by atoms with van der Waals surface area (Å²) in [5.41, 5.74) is 0.912. The monoisotopic (exact) mass is 418 g/mol. The molecule has 1 aliphatic rings. The molecule has 0 aliphatic carbocycles. The Balaban J connectivity index is 1.77. The normalized spacial score (nSPS) is 27.8. The van der Waals surface area contributed by atoms with Crippen LogP contribution in [-0.2, 0) is 17.3 Å². The molecule has 0 bridgehead atoms. The quantitative estimate of drug-likeness (QED) is 0.479. The van der Waals surface area contributed by atoms with E-state index >= 15 is 0 Å². The molecule has 0 radical (unpaired) electrons. The molecule has 29 heavy (non-hydrogen) atoms. The van der Waals surface area contributed by atoms with Gasteiger partial charge in [0.05, 0.1) is 12.2 Å². The predicted molar refractivity (Wildman–Crippen MR) is 92.0 cm³/mol. The first-order valence-electron chi connectivity index (χ1n) is 8.79. The highest BCUT2D eigenvalue weighted by molar-refractivity contribution is 5.36. The number of rotatable bonds is 5. The third kappa shape index (κ3) is 4.54. The fourth-order valence-corrected chi connectivity index (χ4v) is 3.03. The summed E-state index contributed by atoms with van der Waals surface area (Å²) in [5.74, 6) is 0.0201. The predicted octanol–water partition coefficient (Wildman–Crippen LogP) is 0.506. The first-order valence-corrected chi connectivity index (χ1v) is 8.79. The van der Waals surface area contributed by atoms with Crippen LogP contribution in [0.1, 0.15) is 22.4 Å². The molecule has 0 spiro atoms. The first-order chi connectivity index (χ1) is 13.6. The average molecular weight is 418 g/mol. The number of halogens is 3. The Labute approximate surface area is 163 Å². The standard InChI is InChI=1S/C18H21F3N2O6/c1-8-11(6-9-2-4-10(5-3-9)18(19,20)21)16(23-22-8)29-17-15(27)14(26)13(25)12(7-24)28-17/h2-5,12-15,17,24-27H,6-7H2,1H3,(H,22,23)/t12-,13-,14+,15-,17?/m1/s1. The van der Waals surface area contributed by atoms with Crippen LogP contribution in [0.2, 0.25) is 0 Å². The van der Waals surface area contributed by atoms with Gasteiger partial charge in [-0.15, -0.1) is 5.10 Å². The van der Waals surface area contributed by atoms with Gasteiger partial charge in [-0.25, -0.2) is 0 Å². The summed E-state index contributed by atoms with van der Waals surface area (Å²) in [4.78, 5) is 0. The maximum Gasteiger partial charge on any atom is 0.416 e. The molecule has 1 saturated heterocycles. The second-order valence-corrected chi connectivity index (χ2v) is 6.82. The molecule has 0 amide bonds. The van der Waals surface area contributed by atoms with Crippen LogP contribution >= 0.6 is 0 Å². The molecule has 8 nitrogen and oxygen atoms in total. The number of alkyl halides is 3. The summed E-state index contributed by atoms with van der Waals surface area (Å²) in [7, 11) is 0. The fourth-order valence-electron chi connectivity index (χ4n) is 3.03. The van der Waals surface area contributed by atoms with Gasteiger partial charge < -0.3 is 29.9 Å². The van der Waals surface area contributed by atoms with Gasteiger partial charge >= 0.3 is 6.18 Å². The number of ether oxygens (including phenoxy) is 2. The smallest absolute Gasteiger partial charge is 0.416 e. The van der Waals surface area contributed by atoms with Gasteiger partial charge in [0.15, 0.2) is 0 Å². The van der Waals surface area contributed by atoms with E-state index in [4.69, 9.17) is 9.47 Å². The largest absolute Gasteiger partial charge is 0.443 e. The molecule has 11 heteroatoms. The van der Waals surface area contributed by atoms with Crippen molar-refractivity contribution in [3.8, 4) is 5.88 Å². The van der Waals surface area contributed by atoms with Gasteiger partial charge in [0.1, 0.15) is 24.4 Å². The molecule has 5 N–H and O–H groups in total. The maximum absolute atomic E-state index is 12.7. The third-order valence-electron chi connectivity index (χ3n) is 4.77. The van der Waals surface area contributed by atoms with Crippen LogP contribution in [0.3, 0.4) is 0 Å². The lowest BCUT2D eigenvalue weighted by Gasteiger charge is -2.39. The molecule has 2 aromatic rings. The van der Waals surface area contributed by atoms with Crippen molar-refractivity contribution in [2.75, 3.05) is 6.61 Å². The minimum Gasteiger partial charge on any atom is -0.443 e. The zero-order valence-electron chi connectivity index (χ0n) is 15.3. The zero-order chi connectivity index (χ0) is 21.3. The number of aliphatic hydroxyl groups excluding tert-OH is 4.